The van der Waals surface area contributed by atoms with Gasteiger partial charge in [0.15, 0.2) is 0 Å². The van der Waals surface area contributed by atoms with E-state index in [4.69, 9.17) is 0 Å². The van der Waals surface area contributed by atoms with Crippen molar-refractivity contribution >= 4 is 69.6 Å². The number of rotatable bonds is 27. The molecule has 0 radical (unpaired) electrons. The van der Waals surface area contributed by atoms with E-state index in [1.807, 2.05) is 59.0 Å². The van der Waals surface area contributed by atoms with Crippen molar-refractivity contribution in [3.05, 3.63) is 139 Å². The van der Waals surface area contributed by atoms with E-state index in [0.717, 1.165) is 89.2 Å². The monoisotopic (exact) mass is 993 g/mol. The summed E-state index contributed by atoms with van der Waals surface area (Å²) in [4.78, 5) is 0. The van der Waals surface area contributed by atoms with Crippen LogP contribution < -0.4 is 36.0 Å². The first-order valence-electron chi connectivity index (χ1n) is 25.2. The van der Waals surface area contributed by atoms with Gasteiger partial charge in [-0.2, -0.15) is 26.3 Å². The van der Waals surface area contributed by atoms with Crippen molar-refractivity contribution in [2.24, 2.45) is 0 Å². The van der Waals surface area contributed by atoms with Crippen LogP contribution in [0.25, 0.3) is 0 Å². The molecule has 0 heterocycles. The Morgan fingerprint density at radius 2 is 0.657 bits per heavy atom. The molecule has 2 atom stereocenters. The summed E-state index contributed by atoms with van der Waals surface area (Å²) in [6.45, 7) is 13.4. The molecule has 0 N–H and O–H groups in total. The van der Waals surface area contributed by atoms with Crippen molar-refractivity contribution in [1.29, 1.82) is 0 Å². The third kappa shape index (κ3) is 14.0. The molecule has 0 saturated carbocycles. The normalized spacial score (nSPS) is 13.4. The molecule has 0 saturated heterocycles. The van der Waals surface area contributed by atoms with Crippen LogP contribution in [0, 0.1) is 0 Å². The van der Waals surface area contributed by atoms with E-state index < -0.39 is 55.8 Å². The molecule has 0 spiro atoms. The molecular weight excluding hydrogens is 919 g/mol. The zero-order valence-electron chi connectivity index (χ0n) is 41.0. The fraction of sp³-hybridized carbons (Fsp3) is 0.464. The van der Waals surface area contributed by atoms with Crippen molar-refractivity contribution in [1.82, 2.24) is 0 Å². The largest absolute Gasteiger partial charge is 0.417 e. The molecule has 0 aromatic heterocycles. The first-order valence-corrected chi connectivity index (χ1v) is 33.1. The molecule has 1 nitrogen and oxygen atoms in total. The molecule has 2 unspecified atom stereocenters. The van der Waals surface area contributed by atoms with Gasteiger partial charge in [0, 0.05) is 26.9 Å². The standard InChI is InChI=1S/C56H75F6NP2Si2/c1-7-13-40-66(41-14-8-2,42-15-9-3)49-36-32-47(33-37-49)64(53-30-24-22-28-51(53)55(57,58)59)63(46-26-20-19-21-27-46)65(54-31-25-23-29-52(54)56(60,61)62)48-34-38-50(39-35-48)67(43-16-10-4,44-17-11-5)45-18-12-6/h19-39H,7-18,40-45H2,1-6H3. The number of anilines is 1. The van der Waals surface area contributed by atoms with Crippen molar-refractivity contribution < 1.29 is 26.3 Å². The number of para-hydroxylation sites is 1. The maximum atomic E-state index is 15.5. The second-order valence-corrected chi connectivity index (χ2v) is 32.2. The predicted octanol–water partition coefficient (Wildman–Crippen LogP) is 16.7. The Bertz CT molecular complexity index is 2020. The van der Waals surface area contributed by atoms with Crippen LogP contribution in [0.1, 0.15) is 130 Å². The highest BCUT2D eigenvalue weighted by Crippen LogP contribution is 2.59. The fourth-order valence-corrected chi connectivity index (χ4v) is 27.4. The summed E-state index contributed by atoms with van der Waals surface area (Å²) >= 11 is 0. The lowest BCUT2D eigenvalue weighted by Gasteiger charge is -2.42. The second kappa shape index (κ2) is 26.1. The molecule has 5 aromatic carbocycles. The minimum Gasteiger partial charge on any atom is -0.313 e. The Morgan fingerprint density at radius 3 is 0.940 bits per heavy atom. The average molecular weight is 994 g/mol. The van der Waals surface area contributed by atoms with Gasteiger partial charge in [-0.15, -0.1) is 0 Å². The third-order valence-corrected chi connectivity index (χ3v) is 30.3. The van der Waals surface area contributed by atoms with Crippen LogP contribution in [0.2, 0.25) is 36.3 Å². The first-order chi connectivity index (χ1) is 32.2. The van der Waals surface area contributed by atoms with Crippen molar-refractivity contribution in [2.75, 3.05) is 4.44 Å². The summed E-state index contributed by atoms with van der Waals surface area (Å²) in [5.74, 6) is 0. The molecule has 0 aliphatic heterocycles. The SMILES string of the molecule is CCCC[Si](CCCC)(CCCC)c1ccc(P(c2ccccc2C(F)(F)F)N(c2ccccc2)P(c2ccc([Si](CCCC)(CCCC)CCCC)cc2)c2ccccc2C(F)(F)F)cc1. The smallest absolute Gasteiger partial charge is 0.313 e. The Hall–Kier alpha value is -3.23. The topological polar surface area (TPSA) is 3.24 Å². The maximum absolute atomic E-state index is 15.5. The van der Waals surface area contributed by atoms with Gasteiger partial charge in [0.2, 0.25) is 0 Å². The van der Waals surface area contributed by atoms with Gasteiger partial charge in [-0.05, 0) is 24.3 Å². The van der Waals surface area contributed by atoms with Crippen LogP contribution in [-0.4, -0.2) is 16.1 Å². The third-order valence-electron chi connectivity index (χ3n) is 13.7. The molecule has 11 heteroatoms. The summed E-state index contributed by atoms with van der Waals surface area (Å²) in [6, 6.07) is 44.7. The molecular formula is C56H75F6NP2Si2. The summed E-state index contributed by atoms with van der Waals surface area (Å²) in [5.41, 5.74) is -0.953. The van der Waals surface area contributed by atoms with Gasteiger partial charge in [-0.1, -0.05) is 268 Å². The maximum Gasteiger partial charge on any atom is 0.417 e. The molecule has 0 bridgehead atoms. The van der Waals surface area contributed by atoms with Gasteiger partial charge in [0.25, 0.3) is 0 Å². The highest BCUT2D eigenvalue weighted by atomic mass is 31.2. The van der Waals surface area contributed by atoms with Crippen molar-refractivity contribution in [2.45, 2.75) is 167 Å². The number of halogens is 6. The van der Waals surface area contributed by atoms with E-state index in [0.29, 0.717) is 16.3 Å². The van der Waals surface area contributed by atoms with Gasteiger partial charge in [-0.3, -0.25) is 0 Å². The molecule has 67 heavy (non-hydrogen) atoms. The zero-order valence-corrected chi connectivity index (χ0v) is 44.8. The molecule has 5 aromatic rings. The quantitative estimate of drug-likeness (QED) is 0.0288. The number of unbranched alkanes of at least 4 members (excludes halogenated alkanes) is 6. The number of alkyl halides is 6. The Labute approximate surface area is 404 Å². The molecule has 0 fully saturated rings. The lowest BCUT2D eigenvalue weighted by Crippen LogP contribution is -2.48. The van der Waals surface area contributed by atoms with Crippen molar-refractivity contribution in [3.8, 4) is 0 Å². The molecule has 364 valence electrons. The summed E-state index contributed by atoms with van der Waals surface area (Å²) < 4.78 is 95.1. The molecule has 0 aliphatic carbocycles. The lowest BCUT2D eigenvalue weighted by molar-refractivity contribution is -0.137. The van der Waals surface area contributed by atoms with Crippen LogP contribution in [-0.2, 0) is 12.4 Å². The average Bonchev–Trinajstić information content (AvgIpc) is 3.34. The first kappa shape index (κ1) is 54.7. The van der Waals surface area contributed by atoms with Gasteiger partial charge < -0.3 is 4.44 Å². The summed E-state index contributed by atoms with van der Waals surface area (Å²) in [5, 5.41) is 4.18. The van der Waals surface area contributed by atoms with Crippen LogP contribution in [0.3, 0.4) is 0 Å². The van der Waals surface area contributed by atoms with Crippen LogP contribution >= 0.6 is 16.1 Å². The minimum absolute atomic E-state index is 0.0757. The van der Waals surface area contributed by atoms with Gasteiger partial charge in [0.05, 0.1) is 43.4 Å². The van der Waals surface area contributed by atoms with E-state index >= 15 is 26.3 Å². The van der Waals surface area contributed by atoms with Gasteiger partial charge in [0.1, 0.15) is 0 Å². The van der Waals surface area contributed by atoms with Crippen LogP contribution in [0.15, 0.2) is 127 Å². The second-order valence-electron chi connectivity index (χ2n) is 18.6. The summed E-state index contributed by atoms with van der Waals surface area (Å²) in [6.07, 6.45) is 3.98. The van der Waals surface area contributed by atoms with Gasteiger partial charge >= 0.3 is 12.4 Å². The van der Waals surface area contributed by atoms with Crippen molar-refractivity contribution in [3.63, 3.8) is 0 Å². The van der Waals surface area contributed by atoms with E-state index in [2.05, 4.69) is 65.8 Å². The van der Waals surface area contributed by atoms with Crippen LogP contribution in [0.4, 0.5) is 32.0 Å². The van der Waals surface area contributed by atoms with Crippen LogP contribution in [0.5, 0.6) is 0 Å². The Balaban J connectivity index is 1.88. The van der Waals surface area contributed by atoms with Gasteiger partial charge in [-0.25, -0.2) is 0 Å². The predicted molar refractivity (Wildman–Crippen MR) is 286 cm³/mol. The molecule has 0 aliphatic rings. The Morgan fingerprint density at radius 1 is 0.373 bits per heavy atom. The number of nitrogens with zero attached hydrogens (tertiary/aromatic N) is 1. The summed E-state index contributed by atoms with van der Waals surface area (Å²) in [7, 11) is -8.31. The van der Waals surface area contributed by atoms with E-state index in [-0.39, 0.29) is 10.6 Å². The molecule has 5 rings (SSSR count). The number of benzene rings is 5. The fourth-order valence-electron chi connectivity index (χ4n) is 10.00. The zero-order chi connectivity index (χ0) is 48.5. The highest BCUT2D eigenvalue weighted by molar-refractivity contribution is 7.91. The Kier molecular flexibility index (Phi) is 21.3. The molecule has 0 amide bonds. The number of hydrogen-bond donors (Lipinski definition) is 0. The lowest BCUT2D eigenvalue weighted by atomic mass is 10.2. The van der Waals surface area contributed by atoms with E-state index in [1.54, 1.807) is 24.3 Å². The highest BCUT2D eigenvalue weighted by Gasteiger charge is 2.44. The van der Waals surface area contributed by atoms with E-state index in [1.165, 1.54) is 58.8 Å². The minimum atomic E-state index is -4.71. The van der Waals surface area contributed by atoms with E-state index in [9.17, 15) is 0 Å². The number of hydrogen-bond acceptors (Lipinski definition) is 1.